The molecule has 0 atom stereocenters. The first-order valence-electron chi connectivity index (χ1n) is 8.44. The van der Waals surface area contributed by atoms with Gasteiger partial charge in [-0.2, -0.15) is 0 Å². The molecule has 2 aromatic carbocycles. The number of oxime groups is 1. The van der Waals surface area contributed by atoms with Crippen molar-refractivity contribution in [3.63, 3.8) is 0 Å². The lowest BCUT2D eigenvalue weighted by atomic mass is 9.91. The van der Waals surface area contributed by atoms with Crippen LogP contribution in [0.25, 0.3) is 6.08 Å². The fourth-order valence-electron chi connectivity index (χ4n) is 2.80. The summed E-state index contributed by atoms with van der Waals surface area (Å²) in [6.07, 6.45) is 5.83. The molecule has 6 nitrogen and oxygen atoms in total. The van der Waals surface area contributed by atoms with E-state index < -0.39 is 5.97 Å². The zero-order valence-corrected chi connectivity index (χ0v) is 14.2. The van der Waals surface area contributed by atoms with Crippen LogP contribution < -0.4 is 5.23 Å². The lowest BCUT2D eigenvalue weighted by Crippen LogP contribution is -2.12. The van der Waals surface area contributed by atoms with E-state index in [2.05, 4.69) is 11.2 Å². The van der Waals surface area contributed by atoms with Crippen molar-refractivity contribution in [1.82, 2.24) is 0 Å². The average Bonchev–Trinajstić information content (AvgIpc) is 2.68. The van der Waals surface area contributed by atoms with Gasteiger partial charge >= 0.3 is 5.97 Å². The van der Waals surface area contributed by atoms with Gasteiger partial charge in [-0.05, 0) is 67.2 Å². The molecular formula is C20H19N2O4-. The summed E-state index contributed by atoms with van der Waals surface area (Å²) in [6, 6.07) is 15.4. The van der Waals surface area contributed by atoms with Crippen LogP contribution in [0.3, 0.4) is 0 Å². The monoisotopic (exact) mass is 351 g/mol. The van der Waals surface area contributed by atoms with Crippen LogP contribution in [0.1, 0.15) is 41.6 Å². The van der Waals surface area contributed by atoms with E-state index in [1.165, 1.54) is 24.3 Å². The minimum absolute atomic E-state index is 0.0354. The van der Waals surface area contributed by atoms with Gasteiger partial charge in [-0.25, -0.2) is 4.79 Å². The van der Waals surface area contributed by atoms with E-state index in [0.29, 0.717) is 0 Å². The van der Waals surface area contributed by atoms with Gasteiger partial charge in [0.1, 0.15) is 0 Å². The molecule has 1 N–H and O–H groups in total. The van der Waals surface area contributed by atoms with Crippen molar-refractivity contribution in [3.05, 3.63) is 76.5 Å². The van der Waals surface area contributed by atoms with E-state index in [1.807, 2.05) is 30.3 Å². The summed E-state index contributed by atoms with van der Waals surface area (Å²) < 4.78 is 0. The molecule has 1 aliphatic rings. The maximum absolute atomic E-state index is 12.1. The second-order valence-electron chi connectivity index (χ2n) is 6.02. The Bertz CT molecular complexity index is 811. The molecule has 0 unspecified atom stereocenters. The molecule has 0 radical (unpaired) electrons. The normalized spacial score (nSPS) is 17.3. The molecule has 134 valence electrons. The summed E-state index contributed by atoms with van der Waals surface area (Å²) in [5.41, 5.74) is 3.24. The third kappa shape index (κ3) is 4.56. The zero-order chi connectivity index (χ0) is 18.4. The first kappa shape index (κ1) is 17.8. The number of carbonyl (C=O) groups is 1. The Hall–Kier alpha value is -2.96. The van der Waals surface area contributed by atoms with Crippen molar-refractivity contribution in [2.45, 2.75) is 25.7 Å². The van der Waals surface area contributed by atoms with Gasteiger partial charge in [-0.3, -0.25) is 5.21 Å². The van der Waals surface area contributed by atoms with Crippen LogP contribution in [-0.2, 0) is 4.84 Å². The van der Waals surface area contributed by atoms with Crippen molar-refractivity contribution in [1.29, 1.82) is 0 Å². The predicted molar refractivity (Wildman–Crippen MR) is 99.8 cm³/mol. The van der Waals surface area contributed by atoms with Crippen molar-refractivity contribution < 1.29 is 14.8 Å². The number of hydrogen-bond donors (Lipinski definition) is 1. The van der Waals surface area contributed by atoms with Gasteiger partial charge in [-0.15, -0.1) is 0 Å². The summed E-state index contributed by atoms with van der Waals surface area (Å²) >= 11 is 0. The highest BCUT2D eigenvalue weighted by Crippen LogP contribution is 2.24. The van der Waals surface area contributed by atoms with Crippen molar-refractivity contribution in [2.24, 2.45) is 5.16 Å². The van der Waals surface area contributed by atoms with Crippen LogP contribution >= 0.6 is 0 Å². The topological polar surface area (TPSA) is 85.2 Å². The maximum Gasteiger partial charge on any atom is 0.365 e. The highest BCUT2D eigenvalue weighted by atomic mass is 16.8. The van der Waals surface area contributed by atoms with E-state index in [0.717, 1.165) is 42.5 Å². The third-order valence-corrected chi connectivity index (χ3v) is 4.18. The Morgan fingerprint density at radius 1 is 1.08 bits per heavy atom. The SMILES string of the molecule is O=C(O/N=C1\CCCC\C1=C\c1ccccc1)c1ccc(N([O-])O)cc1. The molecule has 1 saturated carbocycles. The zero-order valence-electron chi connectivity index (χ0n) is 14.2. The average molecular weight is 351 g/mol. The maximum atomic E-state index is 12.1. The molecule has 3 rings (SSSR count). The van der Waals surface area contributed by atoms with E-state index in [4.69, 9.17) is 10.0 Å². The van der Waals surface area contributed by atoms with Gasteiger partial charge in [0.25, 0.3) is 0 Å². The first-order valence-corrected chi connectivity index (χ1v) is 8.44. The Morgan fingerprint density at radius 3 is 2.46 bits per heavy atom. The van der Waals surface area contributed by atoms with Gasteiger partial charge in [0.15, 0.2) is 0 Å². The smallest absolute Gasteiger partial charge is 0.365 e. The number of benzene rings is 2. The molecule has 0 bridgehead atoms. The summed E-state index contributed by atoms with van der Waals surface area (Å²) in [5, 5.41) is 23.4. The van der Waals surface area contributed by atoms with Gasteiger partial charge in [-0.1, -0.05) is 35.5 Å². The fraction of sp³-hybridized carbons (Fsp3) is 0.200. The minimum Gasteiger partial charge on any atom is -0.733 e. The summed E-state index contributed by atoms with van der Waals surface area (Å²) in [7, 11) is 0. The molecule has 1 aliphatic carbocycles. The van der Waals surface area contributed by atoms with Crippen LogP contribution in [0.15, 0.2) is 65.3 Å². The highest BCUT2D eigenvalue weighted by Gasteiger charge is 2.15. The molecule has 1 fully saturated rings. The molecule has 0 aliphatic heterocycles. The fourth-order valence-corrected chi connectivity index (χ4v) is 2.80. The van der Waals surface area contributed by atoms with Crippen molar-refractivity contribution >= 4 is 23.4 Å². The molecule has 0 spiro atoms. The first-order chi connectivity index (χ1) is 12.6. The van der Waals surface area contributed by atoms with Crippen LogP contribution in [-0.4, -0.2) is 16.9 Å². The highest BCUT2D eigenvalue weighted by molar-refractivity contribution is 6.04. The van der Waals surface area contributed by atoms with Crippen LogP contribution in [0.4, 0.5) is 5.69 Å². The Morgan fingerprint density at radius 2 is 1.77 bits per heavy atom. The van der Waals surface area contributed by atoms with E-state index in [9.17, 15) is 10.0 Å². The molecule has 6 heteroatoms. The van der Waals surface area contributed by atoms with E-state index >= 15 is 0 Å². The van der Waals surface area contributed by atoms with Gasteiger partial charge < -0.3 is 15.3 Å². The number of anilines is 1. The summed E-state index contributed by atoms with van der Waals surface area (Å²) in [4.78, 5) is 17.2. The standard InChI is InChI=1S/C20H19N2O4/c23-20(16-10-12-18(13-11-16)22(24)25)26-21-19-9-5-4-8-17(19)14-15-6-2-1-3-7-15/h1-3,6-7,10-14,24H,4-5,8-9H2/q-1/b17-14-,21-19+. The minimum atomic E-state index is -0.607. The Balaban J connectivity index is 1.72. The quantitative estimate of drug-likeness (QED) is 0.645. The number of rotatable bonds is 4. The van der Waals surface area contributed by atoms with Crippen molar-refractivity contribution in [2.75, 3.05) is 5.23 Å². The largest absolute Gasteiger partial charge is 0.733 e. The van der Waals surface area contributed by atoms with Crippen LogP contribution in [0, 0.1) is 5.21 Å². The number of allylic oxidation sites excluding steroid dienone is 1. The molecule has 0 amide bonds. The van der Waals surface area contributed by atoms with Gasteiger partial charge in [0, 0.05) is 0 Å². The summed E-state index contributed by atoms with van der Waals surface area (Å²) in [6.45, 7) is 0. The molecule has 26 heavy (non-hydrogen) atoms. The Kier molecular flexibility index (Phi) is 5.78. The third-order valence-electron chi connectivity index (χ3n) is 4.18. The molecule has 2 aromatic rings. The second kappa shape index (κ2) is 8.42. The molecule has 0 aromatic heterocycles. The van der Waals surface area contributed by atoms with E-state index in [1.54, 1.807) is 0 Å². The molecule has 0 heterocycles. The lowest BCUT2D eigenvalue weighted by molar-refractivity contribution is 0.0515. The van der Waals surface area contributed by atoms with Crippen LogP contribution in [0.5, 0.6) is 0 Å². The summed E-state index contributed by atoms with van der Waals surface area (Å²) in [5.74, 6) is -0.607. The number of hydrogen-bond acceptors (Lipinski definition) is 6. The predicted octanol–water partition coefficient (Wildman–Crippen LogP) is 4.55. The Labute approximate surface area is 151 Å². The van der Waals surface area contributed by atoms with Gasteiger partial charge in [0.05, 0.1) is 17.0 Å². The molecular weight excluding hydrogens is 332 g/mol. The van der Waals surface area contributed by atoms with Crippen LogP contribution in [0.2, 0.25) is 0 Å². The van der Waals surface area contributed by atoms with E-state index in [-0.39, 0.29) is 16.5 Å². The number of carbonyl (C=O) groups excluding carboxylic acids is 1. The lowest BCUT2D eigenvalue weighted by Gasteiger charge is -2.21. The van der Waals surface area contributed by atoms with Gasteiger partial charge in [0.2, 0.25) is 0 Å². The van der Waals surface area contributed by atoms with Crippen molar-refractivity contribution in [3.8, 4) is 0 Å². The molecule has 0 saturated heterocycles. The second-order valence-corrected chi connectivity index (χ2v) is 6.02. The number of nitrogens with zero attached hydrogens (tertiary/aromatic N) is 2.